The van der Waals surface area contributed by atoms with E-state index >= 15 is 0 Å². The molecule has 1 rings (SSSR count). The molecule has 0 saturated carbocycles. The fourth-order valence-corrected chi connectivity index (χ4v) is 1.70. The van der Waals surface area contributed by atoms with Gasteiger partial charge in [0.2, 0.25) is 0 Å². The molecule has 0 bridgehead atoms. The number of hydrogen-bond donors (Lipinski definition) is 1. The lowest BCUT2D eigenvalue weighted by Crippen LogP contribution is -2.31. The molecule has 15 heavy (non-hydrogen) atoms. The molecule has 1 aliphatic rings. The van der Waals surface area contributed by atoms with Crippen LogP contribution in [0.4, 0.5) is 0 Å². The molecule has 1 N–H and O–H groups in total. The maximum Gasteiger partial charge on any atom is 0.277 e. The Balaban J connectivity index is 3.27. The molecule has 4 heteroatoms. The summed E-state index contributed by atoms with van der Waals surface area (Å²) in [5.41, 5.74) is -0.212. The van der Waals surface area contributed by atoms with Crippen molar-refractivity contribution < 1.29 is 13.0 Å². The molecule has 0 saturated heterocycles. The molecule has 0 aromatic rings. The standard InChI is InChI=1S/C11H16O3S/c1-10(2)6-4-5-7-11(3,9-8-10)15(12,13)14/h4-9H,1-3H3,(H,12,13,14). The second kappa shape index (κ2) is 3.61. The van der Waals surface area contributed by atoms with Crippen molar-refractivity contribution in [2.45, 2.75) is 25.5 Å². The van der Waals surface area contributed by atoms with E-state index in [1.54, 1.807) is 18.2 Å². The summed E-state index contributed by atoms with van der Waals surface area (Å²) in [5, 5.41) is 0. The highest BCUT2D eigenvalue weighted by atomic mass is 32.2. The van der Waals surface area contributed by atoms with Crippen molar-refractivity contribution in [1.29, 1.82) is 0 Å². The fourth-order valence-electron chi connectivity index (χ4n) is 1.21. The van der Waals surface area contributed by atoms with E-state index in [0.29, 0.717) is 0 Å². The van der Waals surface area contributed by atoms with Crippen LogP contribution < -0.4 is 0 Å². The van der Waals surface area contributed by atoms with Crippen LogP contribution in [0.2, 0.25) is 0 Å². The zero-order valence-electron chi connectivity index (χ0n) is 9.14. The molecule has 3 nitrogen and oxygen atoms in total. The Hall–Kier alpha value is -0.870. The third-order valence-electron chi connectivity index (χ3n) is 2.46. The van der Waals surface area contributed by atoms with Crippen LogP contribution >= 0.6 is 0 Å². The summed E-state index contributed by atoms with van der Waals surface area (Å²) in [5.74, 6) is 0. The van der Waals surface area contributed by atoms with Gasteiger partial charge >= 0.3 is 0 Å². The summed E-state index contributed by atoms with van der Waals surface area (Å²) in [7, 11) is -4.12. The average molecular weight is 228 g/mol. The second-order valence-electron chi connectivity index (χ2n) is 4.53. The predicted octanol–water partition coefficient (Wildman–Crippen LogP) is 2.34. The van der Waals surface area contributed by atoms with Gasteiger partial charge in [0.05, 0.1) is 0 Å². The van der Waals surface area contributed by atoms with Crippen molar-refractivity contribution in [3.8, 4) is 0 Å². The van der Waals surface area contributed by atoms with Gasteiger partial charge in [-0.3, -0.25) is 4.55 Å². The first kappa shape index (κ1) is 12.2. The van der Waals surface area contributed by atoms with Gasteiger partial charge in [0.25, 0.3) is 10.1 Å². The summed E-state index contributed by atoms with van der Waals surface area (Å²) in [6.45, 7) is 5.39. The van der Waals surface area contributed by atoms with E-state index in [0.717, 1.165) is 0 Å². The minimum atomic E-state index is -4.12. The van der Waals surface area contributed by atoms with Gasteiger partial charge in [0.1, 0.15) is 4.75 Å². The topological polar surface area (TPSA) is 54.4 Å². The molecule has 0 aromatic heterocycles. The van der Waals surface area contributed by atoms with Gasteiger partial charge in [-0.2, -0.15) is 8.42 Å². The van der Waals surface area contributed by atoms with Crippen LogP contribution in [-0.4, -0.2) is 17.7 Å². The van der Waals surface area contributed by atoms with Crippen LogP contribution in [0.25, 0.3) is 0 Å². The first-order chi connectivity index (χ1) is 6.66. The van der Waals surface area contributed by atoms with Crippen molar-refractivity contribution in [2.24, 2.45) is 5.41 Å². The first-order valence-corrected chi connectivity index (χ1v) is 6.15. The van der Waals surface area contributed by atoms with Gasteiger partial charge < -0.3 is 0 Å². The van der Waals surface area contributed by atoms with Crippen molar-refractivity contribution in [3.63, 3.8) is 0 Å². The van der Waals surface area contributed by atoms with Crippen LogP contribution in [-0.2, 0) is 10.1 Å². The lowest BCUT2D eigenvalue weighted by Gasteiger charge is -2.23. The second-order valence-corrected chi connectivity index (χ2v) is 6.36. The third kappa shape index (κ3) is 2.79. The Morgan fingerprint density at radius 1 is 0.933 bits per heavy atom. The zero-order valence-corrected chi connectivity index (χ0v) is 9.95. The summed E-state index contributed by atoms with van der Waals surface area (Å²) < 4.78 is 30.2. The first-order valence-electron chi connectivity index (χ1n) is 4.71. The van der Waals surface area contributed by atoms with E-state index in [4.69, 9.17) is 4.55 Å². The normalized spacial score (nSPS) is 29.9. The Morgan fingerprint density at radius 3 is 2.00 bits per heavy atom. The van der Waals surface area contributed by atoms with E-state index in [1.165, 1.54) is 19.1 Å². The highest BCUT2D eigenvalue weighted by molar-refractivity contribution is 7.87. The minimum Gasteiger partial charge on any atom is -0.285 e. The van der Waals surface area contributed by atoms with Gasteiger partial charge in [0.15, 0.2) is 0 Å². The lowest BCUT2D eigenvalue weighted by molar-refractivity contribution is 0.465. The Kier molecular flexibility index (Phi) is 2.94. The van der Waals surface area contributed by atoms with Gasteiger partial charge in [-0.15, -0.1) is 0 Å². The molecular weight excluding hydrogens is 212 g/mol. The van der Waals surface area contributed by atoms with Gasteiger partial charge in [-0.1, -0.05) is 50.3 Å². The van der Waals surface area contributed by atoms with Crippen molar-refractivity contribution >= 4 is 10.1 Å². The number of rotatable bonds is 1. The van der Waals surface area contributed by atoms with E-state index in [9.17, 15) is 8.42 Å². The lowest BCUT2D eigenvalue weighted by atomic mass is 9.89. The maximum absolute atomic E-state index is 11.2. The largest absolute Gasteiger partial charge is 0.285 e. The third-order valence-corrected chi connectivity index (χ3v) is 3.85. The zero-order chi connectivity index (χ0) is 11.7. The molecule has 84 valence electrons. The molecule has 0 spiro atoms. The van der Waals surface area contributed by atoms with Crippen molar-refractivity contribution in [1.82, 2.24) is 0 Å². The average Bonchev–Trinajstić information content (AvgIpc) is 2.05. The Labute approximate surface area is 90.9 Å². The minimum absolute atomic E-state index is 0.212. The quantitative estimate of drug-likeness (QED) is 0.553. The molecule has 0 fully saturated rings. The van der Waals surface area contributed by atoms with Gasteiger partial charge in [-0.05, 0) is 6.92 Å². The Bertz CT molecular complexity index is 427. The summed E-state index contributed by atoms with van der Waals surface area (Å²) in [6.07, 6.45) is 10.1. The van der Waals surface area contributed by atoms with Crippen molar-refractivity contribution in [3.05, 3.63) is 36.5 Å². The smallest absolute Gasteiger partial charge is 0.277 e. The van der Waals surface area contributed by atoms with E-state index < -0.39 is 14.9 Å². The molecule has 0 aliphatic heterocycles. The molecular formula is C11H16O3S. The predicted molar refractivity (Wildman–Crippen MR) is 61.2 cm³/mol. The van der Waals surface area contributed by atoms with Gasteiger partial charge in [-0.25, -0.2) is 0 Å². The highest BCUT2D eigenvalue weighted by Gasteiger charge is 2.33. The van der Waals surface area contributed by atoms with Crippen LogP contribution in [0.1, 0.15) is 20.8 Å². The van der Waals surface area contributed by atoms with E-state index in [1.807, 2.05) is 19.9 Å². The highest BCUT2D eigenvalue weighted by Crippen LogP contribution is 2.27. The fraction of sp³-hybridized carbons (Fsp3) is 0.455. The Morgan fingerprint density at radius 2 is 1.47 bits per heavy atom. The van der Waals surface area contributed by atoms with E-state index in [-0.39, 0.29) is 5.41 Å². The summed E-state index contributed by atoms with van der Waals surface area (Å²) in [6, 6.07) is 0. The van der Waals surface area contributed by atoms with Crippen LogP contribution in [0, 0.1) is 5.41 Å². The molecule has 0 radical (unpaired) electrons. The van der Waals surface area contributed by atoms with E-state index in [2.05, 4.69) is 0 Å². The molecule has 0 heterocycles. The molecule has 0 amide bonds. The molecule has 1 aliphatic carbocycles. The summed E-state index contributed by atoms with van der Waals surface area (Å²) >= 11 is 0. The number of hydrogen-bond acceptors (Lipinski definition) is 2. The van der Waals surface area contributed by atoms with Crippen LogP contribution in [0.3, 0.4) is 0 Å². The summed E-state index contributed by atoms with van der Waals surface area (Å²) in [4.78, 5) is 0. The number of allylic oxidation sites excluding steroid dienone is 4. The monoisotopic (exact) mass is 228 g/mol. The molecule has 1 atom stereocenters. The van der Waals surface area contributed by atoms with Crippen LogP contribution in [0.5, 0.6) is 0 Å². The SMILES string of the molecule is CC1(C)C=CC=CC(C)(S(=O)(=O)O)C=C1. The molecule has 0 aromatic carbocycles. The van der Waals surface area contributed by atoms with Gasteiger partial charge in [0, 0.05) is 5.41 Å². The van der Waals surface area contributed by atoms with Crippen LogP contribution in [0.15, 0.2) is 36.5 Å². The maximum atomic E-state index is 11.2. The van der Waals surface area contributed by atoms with Crippen molar-refractivity contribution in [2.75, 3.05) is 0 Å². The molecule has 1 unspecified atom stereocenters.